The van der Waals surface area contributed by atoms with Crippen molar-refractivity contribution in [2.75, 3.05) is 23.3 Å². The van der Waals surface area contributed by atoms with Gasteiger partial charge < -0.3 is 20.5 Å². The van der Waals surface area contributed by atoms with E-state index in [4.69, 9.17) is 0 Å². The zero-order valence-corrected chi connectivity index (χ0v) is 19.0. The maximum atomic E-state index is 13.2. The average molecular weight is 435 g/mol. The van der Waals surface area contributed by atoms with Crippen LogP contribution in [0.1, 0.15) is 49.5 Å². The van der Waals surface area contributed by atoms with Crippen LogP contribution >= 0.6 is 0 Å². The summed E-state index contributed by atoms with van der Waals surface area (Å²) in [5.74, 6) is 0.746. The number of amides is 2. The molecule has 8 heteroatoms. The molecule has 1 fully saturated rings. The summed E-state index contributed by atoms with van der Waals surface area (Å²) in [6.45, 7) is 9.35. The fraction of sp³-hybridized carbons (Fsp3) is 0.417. The molecule has 2 aromatic heterocycles. The molecule has 2 amide bonds. The monoisotopic (exact) mass is 434 g/mol. The number of carbonyl (C=O) groups is 2. The molecule has 4 rings (SSSR count). The Kier molecular flexibility index (Phi) is 5.86. The van der Waals surface area contributed by atoms with Gasteiger partial charge in [0.1, 0.15) is 17.8 Å². The van der Waals surface area contributed by atoms with Gasteiger partial charge >= 0.3 is 0 Å². The molecule has 8 nitrogen and oxygen atoms in total. The predicted octanol–water partition coefficient (Wildman–Crippen LogP) is 3.65. The summed E-state index contributed by atoms with van der Waals surface area (Å²) in [6, 6.07) is 7.12. The van der Waals surface area contributed by atoms with Crippen molar-refractivity contribution in [3.63, 3.8) is 0 Å². The van der Waals surface area contributed by atoms with Gasteiger partial charge in [0, 0.05) is 36.6 Å². The van der Waals surface area contributed by atoms with E-state index in [1.807, 2.05) is 40.0 Å². The summed E-state index contributed by atoms with van der Waals surface area (Å²) in [5, 5.41) is 6.94. The van der Waals surface area contributed by atoms with Crippen LogP contribution in [0, 0.1) is 12.3 Å². The number of aromatic nitrogens is 3. The third-order valence-electron chi connectivity index (χ3n) is 6.16. The Morgan fingerprint density at radius 2 is 1.94 bits per heavy atom. The van der Waals surface area contributed by atoms with Gasteiger partial charge in [-0.05, 0) is 57.4 Å². The Balaban J connectivity index is 1.44. The molecule has 0 unspecified atom stereocenters. The molecule has 1 aromatic carbocycles. The summed E-state index contributed by atoms with van der Waals surface area (Å²) in [4.78, 5) is 39.7. The number of hydrogen-bond acceptors (Lipinski definition) is 5. The molecule has 0 spiro atoms. The lowest BCUT2D eigenvalue weighted by Crippen LogP contribution is -2.45. The second kappa shape index (κ2) is 8.61. The number of aromatic amines is 1. The summed E-state index contributed by atoms with van der Waals surface area (Å²) >= 11 is 0. The first-order chi connectivity index (χ1) is 15.3. The van der Waals surface area contributed by atoms with Gasteiger partial charge in [0.2, 0.25) is 5.91 Å². The van der Waals surface area contributed by atoms with E-state index in [9.17, 15) is 9.59 Å². The molecule has 0 radical (unpaired) electrons. The lowest BCUT2D eigenvalue weighted by atomic mass is 9.79. The number of fused-ring (bicyclic) bond motifs is 1. The Bertz CT molecular complexity index is 1140. The van der Waals surface area contributed by atoms with E-state index < -0.39 is 5.41 Å². The van der Waals surface area contributed by atoms with Gasteiger partial charge in [-0.2, -0.15) is 0 Å². The molecule has 3 N–H and O–H groups in total. The molecular weight excluding hydrogens is 404 g/mol. The number of piperidine rings is 1. The third kappa shape index (κ3) is 4.30. The summed E-state index contributed by atoms with van der Waals surface area (Å²) < 4.78 is 0. The summed E-state index contributed by atoms with van der Waals surface area (Å²) in [7, 11) is 0. The predicted molar refractivity (Wildman–Crippen MR) is 126 cm³/mol. The van der Waals surface area contributed by atoms with Crippen LogP contribution in [0.2, 0.25) is 0 Å². The molecule has 1 saturated heterocycles. The van der Waals surface area contributed by atoms with Crippen LogP contribution in [-0.4, -0.2) is 45.9 Å². The van der Waals surface area contributed by atoms with Gasteiger partial charge in [0.15, 0.2) is 0 Å². The maximum Gasteiger partial charge on any atom is 0.251 e. The van der Waals surface area contributed by atoms with E-state index in [2.05, 4.69) is 30.5 Å². The number of nitrogens with zero attached hydrogens (tertiary/aromatic N) is 3. The lowest BCUT2D eigenvalue weighted by molar-refractivity contribution is -0.125. The number of nitrogens with one attached hydrogen (secondary N) is 3. The standard InChI is InChI=1S/C24H30N6O2/c1-15(2)28-22(31)17-6-5-7-18(12-17)29-23(32)24(4)8-10-30(11-9-24)21-19-16(3)13-25-20(19)26-14-27-21/h5-7,12-15H,8-11H2,1-4H3,(H,28,31)(H,29,32)(H,25,26,27). The zero-order chi connectivity index (χ0) is 22.9. The number of benzene rings is 1. The van der Waals surface area contributed by atoms with Gasteiger partial charge in [0.05, 0.1) is 10.8 Å². The minimum atomic E-state index is -0.494. The van der Waals surface area contributed by atoms with E-state index in [1.54, 1.807) is 24.5 Å². The van der Waals surface area contributed by atoms with Gasteiger partial charge in [-0.3, -0.25) is 9.59 Å². The van der Waals surface area contributed by atoms with Gasteiger partial charge in [-0.25, -0.2) is 9.97 Å². The zero-order valence-electron chi connectivity index (χ0n) is 19.0. The molecule has 0 atom stereocenters. The molecule has 1 aliphatic rings. The van der Waals surface area contributed by atoms with E-state index in [0.29, 0.717) is 24.1 Å². The number of H-pyrrole nitrogens is 1. The number of rotatable bonds is 5. The van der Waals surface area contributed by atoms with Crippen molar-refractivity contribution >= 4 is 34.4 Å². The smallest absolute Gasteiger partial charge is 0.251 e. The minimum Gasteiger partial charge on any atom is -0.356 e. The number of hydrogen-bond donors (Lipinski definition) is 3. The topological polar surface area (TPSA) is 103 Å². The minimum absolute atomic E-state index is 0.0239. The Morgan fingerprint density at radius 1 is 1.19 bits per heavy atom. The Hall–Kier alpha value is -3.42. The Labute approximate surface area is 187 Å². The third-order valence-corrected chi connectivity index (χ3v) is 6.16. The van der Waals surface area contributed by atoms with Crippen molar-refractivity contribution in [3.05, 3.63) is 47.9 Å². The fourth-order valence-corrected chi connectivity index (χ4v) is 4.14. The van der Waals surface area contributed by atoms with Crippen LogP contribution in [-0.2, 0) is 4.79 Å². The van der Waals surface area contributed by atoms with E-state index in [0.717, 1.165) is 35.5 Å². The van der Waals surface area contributed by atoms with Crippen molar-refractivity contribution in [1.29, 1.82) is 0 Å². The number of aryl methyl sites for hydroxylation is 1. The van der Waals surface area contributed by atoms with Crippen LogP contribution in [0.25, 0.3) is 11.0 Å². The average Bonchev–Trinajstić information content (AvgIpc) is 3.15. The maximum absolute atomic E-state index is 13.2. The van der Waals surface area contributed by atoms with Gasteiger partial charge in [0.25, 0.3) is 5.91 Å². The molecule has 0 saturated carbocycles. The van der Waals surface area contributed by atoms with Crippen LogP contribution in [0.15, 0.2) is 36.8 Å². The molecule has 1 aliphatic heterocycles. The molecule has 3 aromatic rings. The van der Waals surface area contributed by atoms with E-state index >= 15 is 0 Å². The molecule has 0 bridgehead atoms. The second-order valence-corrected chi connectivity index (χ2v) is 9.10. The van der Waals surface area contributed by atoms with Crippen LogP contribution in [0.3, 0.4) is 0 Å². The van der Waals surface area contributed by atoms with Crippen LogP contribution < -0.4 is 15.5 Å². The van der Waals surface area contributed by atoms with Crippen LogP contribution in [0.5, 0.6) is 0 Å². The fourth-order valence-electron chi connectivity index (χ4n) is 4.14. The number of anilines is 2. The summed E-state index contributed by atoms with van der Waals surface area (Å²) in [5.41, 5.74) is 2.62. The first kappa shape index (κ1) is 21.8. The first-order valence-corrected chi connectivity index (χ1v) is 11.0. The molecule has 0 aliphatic carbocycles. The highest BCUT2D eigenvalue weighted by atomic mass is 16.2. The normalized spacial score (nSPS) is 15.7. The highest BCUT2D eigenvalue weighted by molar-refractivity contribution is 5.99. The molecular formula is C24H30N6O2. The van der Waals surface area contributed by atoms with E-state index in [1.165, 1.54) is 0 Å². The van der Waals surface area contributed by atoms with Gasteiger partial charge in [-0.15, -0.1) is 0 Å². The molecule has 3 heterocycles. The molecule has 168 valence electrons. The van der Waals surface area contributed by atoms with Gasteiger partial charge in [-0.1, -0.05) is 13.0 Å². The van der Waals surface area contributed by atoms with Crippen molar-refractivity contribution in [2.24, 2.45) is 5.41 Å². The largest absolute Gasteiger partial charge is 0.356 e. The van der Waals surface area contributed by atoms with Crippen molar-refractivity contribution < 1.29 is 9.59 Å². The van der Waals surface area contributed by atoms with E-state index in [-0.39, 0.29) is 17.9 Å². The lowest BCUT2D eigenvalue weighted by Gasteiger charge is -2.39. The Morgan fingerprint density at radius 3 is 2.66 bits per heavy atom. The van der Waals surface area contributed by atoms with Crippen molar-refractivity contribution in [1.82, 2.24) is 20.3 Å². The van der Waals surface area contributed by atoms with Crippen molar-refractivity contribution in [3.8, 4) is 0 Å². The van der Waals surface area contributed by atoms with Crippen LogP contribution in [0.4, 0.5) is 11.5 Å². The summed E-state index contributed by atoms with van der Waals surface area (Å²) in [6.07, 6.45) is 4.94. The first-order valence-electron chi connectivity index (χ1n) is 11.0. The SMILES string of the molecule is Cc1c[nH]c2ncnc(N3CCC(C)(C(=O)Nc4cccc(C(=O)NC(C)C)c4)CC3)c12. The second-order valence-electron chi connectivity index (χ2n) is 9.10. The highest BCUT2D eigenvalue weighted by Crippen LogP contribution is 2.36. The molecule has 32 heavy (non-hydrogen) atoms. The highest BCUT2D eigenvalue weighted by Gasteiger charge is 2.37. The quantitative estimate of drug-likeness (QED) is 0.569. The van der Waals surface area contributed by atoms with Crippen molar-refractivity contribution in [2.45, 2.75) is 46.6 Å². The number of carbonyl (C=O) groups excluding carboxylic acids is 2.